The fraction of sp³-hybridized carbons (Fsp3) is 0.167. The van der Waals surface area contributed by atoms with Crippen LogP contribution in [0.25, 0.3) is 0 Å². The van der Waals surface area contributed by atoms with Crippen LogP contribution in [-0.2, 0) is 17.9 Å². The van der Waals surface area contributed by atoms with Gasteiger partial charge in [0.15, 0.2) is 6.61 Å². The van der Waals surface area contributed by atoms with Gasteiger partial charge in [-0.25, -0.2) is 4.68 Å². The molecule has 0 saturated carbocycles. The van der Waals surface area contributed by atoms with E-state index in [0.29, 0.717) is 11.6 Å². The summed E-state index contributed by atoms with van der Waals surface area (Å²) in [6, 6.07) is 16.9. The number of aryl methyl sites for hydroxylation is 1. The van der Waals surface area contributed by atoms with Crippen molar-refractivity contribution >= 4 is 23.8 Å². The largest absolute Gasteiger partial charge is 0.484 e. The van der Waals surface area contributed by atoms with Gasteiger partial charge in [0.05, 0.1) is 0 Å². The van der Waals surface area contributed by atoms with Gasteiger partial charge in [-0.1, -0.05) is 30.3 Å². The van der Waals surface area contributed by atoms with Crippen LogP contribution in [0, 0.1) is 11.8 Å². The third-order valence-electron chi connectivity index (χ3n) is 3.35. The lowest BCUT2D eigenvalue weighted by Crippen LogP contribution is -2.19. The van der Waals surface area contributed by atoms with Crippen LogP contribution in [0.3, 0.4) is 0 Å². The van der Waals surface area contributed by atoms with Crippen molar-refractivity contribution in [3.63, 3.8) is 0 Å². The minimum absolute atomic E-state index is 0.0262. The number of nitrogens with zero attached hydrogens (tertiary/aromatic N) is 2. The second-order valence-electron chi connectivity index (χ2n) is 5.44. The van der Waals surface area contributed by atoms with Crippen molar-refractivity contribution in [3.05, 3.63) is 70.9 Å². The van der Waals surface area contributed by atoms with Gasteiger partial charge in [-0.15, -0.1) is 5.10 Å². The maximum atomic E-state index is 12.1. The monoisotopic (exact) mass is 355 g/mol. The van der Waals surface area contributed by atoms with Crippen LogP contribution in [0.1, 0.15) is 11.5 Å². The highest BCUT2D eigenvalue weighted by Gasteiger charge is 2.10. The zero-order valence-electron chi connectivity index (χ0n) is 13.6. The van der Waals surface area contributed by atoms with Crippen LogP contribution < -0.4 is 10.1 Å². The summed E-state index contributed by atoms with van der Waals surface area (Å²) < 4.78 is 12.3. The maximum Gasteiger partial charge on any atom is 0.287 e. The van der Waals surface area contributed by atoms with Gasteiger partial charge in [-0.2, -0.15) is 0 Å². The molecule has 1 heterocycles. The van der Waals surface area contributed by atoms with Crippen molar-refractivity contribution in [2.24, 2.45) is 0 Å². The molecular weight excluding hydrogens is 338 g/mol. The van der Waals surface area contributed by atoms with E-state index in [2.05, 4.69) is 10.4 Å². The number of para-hydroxylation sites is 1. The van der Waals surface area contributed by atoms with Crippen LogP contribution in [0.4, 0.5) is 5.69 Å². The zero-order chi connectivity index (χ0) is 17.6. The molecule has 25 heavy (non-hydrogen) atoms. The Morgan fingerprint density at radius 3 is 2.80 bits per heavy atom. The number of carbonyl (C=O) groups excluding carboxylic acids is 1. The van der Waals surface area contributed by atoms with Crippen LogP contribution in [0.5, 0.6) is 5.75 Å². The molecule has 0 spiro atoms. The van der Waals surface area contributed by atoms with Crippen molar-refractivity contribution in [3.8, 4) is 5.75 Å². The Kier molecular flexibility index (Phi) is 5.25. The number of ether oxygens (including phenoxy) is 1. The summed E-state index contributed by atoms with van der Waals surface area (Å²) in [5.41, 5.74) is 1.80. The number of carbonyl (C=O) groups is 1. The van der Waals surface area contributed by atoms with Crippen molar-refractivity contribution < 1.29 is 13.9 Å². The molecule has 1 aromatic heterocycles. The summed E-state index contributed by atoms with van der Waals surface area (Å²) in [5, 5.41) is 6.99. The lowest BCUT2D eigenvalue weighted by atomic mass is 10.2. The SMILES string of the molecule is Cc1cccc(NC(=O)Cn2nc(COc3ccccc3)oc2=S)c1. The topological polar surface area (TPSA) is 69.3 Å². The van der Waals surface area contributed by atoms with Gasteiger partial charge >= 0.3 is 0 Å². The fourth-order valence-electron chi connectivity index (χ4n) is 2.23. The second-order valence-corrected chi connectivity index (χ2v) is 5.79. The number of hydrogen-bond acceptors (Lipinski definition) is 5. The van der Waals surface area contributed by atoms with Gasteiger partial charge in [-0.3, -0.25) is 4.79 Å². The molecule has 0 bridgehead atoms. The quantitative estimate of drug-likeness (QED) is 0.682. The summed E-state index contributed by atoms with van der Waals surface area (Å²) >= 11 is 5.11. The minimum Gasteiger partial charge on any atom is -0.484 e. The Labute approximate surface area is 150 Å². The van der Waals surface area contributed by atoms with Crippen molar-refractivity contribution in [2.45, 2.75) is 20.1 Å². The first-order chi connectivity index (χ1) is 12.1. The van der Waals surface area contributed by atoms with E-state index in [0.717, 1.165) is 11.3 Å². The van der Waals surface area contributed by atoms with Crippen molar-refractivity contribution in [1.82, 2.24) is 9.78 Å². The van der Waals surface area contributed by atoms with Gasteiger partial charge in [0.2, 0.25) is 5.91 Å². The molecule has 3 aromatic rings. The molecule has 0 radical (unpaired) electrons. The van der Waals surface area contributed by atoms with Crippen LogP contribution in [-0.4, -0.2) is 15.7 Å². The minimum atomic E-state index is -0.231. The van der Waals surface area contributed by atoms with Crippen LogP contribution in [0.2, 0.25) is 0 Å². The summed E-state index contributed by atoms with van der Waals surface area (Å²) in [5.74, 6) is 0.790. The van der Waals surface area contributed by atoms with Gasteiger partial charge in [0.25, 0.3) is 10.7 Å². The Morgan fingerprint density at radius 2 is 2.04 bits per heavy atom. The summed E-state index contributed by atoms with van der Waals surface area (Å²) in [6.07, 6.45) is 0. The predicted octanol–water partition coefficient (Wildman–Crippen LogP) is 3.73. The van der Waals surface area contributed by atoms with Crippen molar-refractivity contribution in [1.29, 1.82) is 0 Å². The molecule has 7 heteroatoms. The van der Waals surface area contributed by atoms with Gasteiger partial charge in [-0.05, 0) is 49.0 Å². The lowest BCUT2D eigenvalue weighted by Gasteiger charge is -2.05. The molecule has 1 N–H and O–H groups in total. The molecule has 0 fully saturated rings. The van der Waals surface area contributed by atoms with Gasteiger partial charge in [0.1, 0.15) is 12.3 Å². The standard InChI is InChI=1S/C18H17N3O3S/c1-13-6-5-7-14(10-13)19-16(22)11-21-18(25)24-17(20-21)12-23-15-8-3-2-4-9-15/h2-10H,11-12H2,1H3,(H,19,22). The highest BCUT2D eigenvalue weighted by Crippen LogP contribution is 2.12. The predicted molar refractivity (Wildman–Crippen MR) is 95.9 cm³/mol. The number of hydrogen-bond donors (Lipinski definition) is 1. The molecule has 0 aliphatic carbocycles. The van der Waals surface area contributed by atoms with E-state index in [1.807, 2.05) is 61.5 Å². The van der Waals surface area contributed by atoms with Crippen LogP contribution in [0.15, 0.2) is 59.0 Å². The Hall–Kier alpha value is -2.93. The molecule has 0 unspecified atom stereocenters. The maximum absolute atomic E-state index is 12.1. The second kappa shape index (κ2) is 7.76. The molecule has 128 valence electrons. The first kappa shape index (κ1) is 16.9. The number of aromatic nitrogens is 2. The van der Waals surface area contributed by atoms with E-state index in [4.69, 9.17) is 21.4 Å². The highest BCUT2D eigenvalue weighted by atomic mass is 32.1. The number of benzene rings is 2. The van der Waals surface area contributed by atoms with Crippen LogP contribution >= 0.6 is 12.2 Å². The Balaban J connectivity index is 1.60. The lowest BCUT2D eigenvalue weighted by molar-refractivity contribution is -0.117. The Bertz CT molecular complexity index is 919. The van der Waals surface area contributed by atoms with Gasteiger partial charge < -0.3 is 14.5 Å². The molecule has 2 aromatic carbocycles. The summed E-state index contributed by atoms with van der Waals surface area (Å²) in [6.45, 7) is 2.07. The first-order valence-corrected chi connectivity index (χ1v) is 8.12. The van der Waals surface area contributed by atoms with E-state index in [1.165, 1.54) is 4.68 Å². The van der Waals surface area contributed by atoms with Gasteiger partial charge in [0, 0.05) is 5.69 Å². The molecule has 0 saturated heterocycles. The van der Waals surface area contributed by atoms with Crippen molar-refractivity contribution in [2.75, 3.05) is 5.32 Å². The normalized spacial score (nSPS) is 10.4. The number of anilines is 1. The zero-order valence-corrected chi connectivity index (χ0v) is 14.5. The molecule has 0 aliphatic heterocycles. The Morgan fingerprint density at radius 1 is 1.24 bits per heavy atom. The van der Waals surface area contributed by atoms with E-state index >= 15 is 0 Å². The average Bonchev–Trinajstić information content (AvgIpc) is 2.93. The van der Waals surface area contributed by atoms with E-state index < -0.39 is 0 Å². The molecule has 6 nitrogen and oxygen atoms in total. The van der Waals surface area contributed by atoms with E-state index in [9.17, 15) is 4.79 Å². The number of amides is 1. The summed E-state index contributed by atoms with van der Waals surface area (Å²) in [4.78, 5) is 12.3. The number of rotatable bonds is 6. The molecule has 1 amide bonds. The summed E-state index contributed by atoms with van der Waals surface area (Å²) in [7, 11) is 0. The average molecular weight is 355 g/mol. The smallest absolute Gasteiger partial charge is 0.287 e. The van der Waals surface area contributed by atoms with E-state index in [-0.39, 0.29) is 23.9 Å². The molecule has 3 rings (SSSR count). The highest BCUT2D eigenvalue weighted by molar-refractivity contribution is 7.71. The third-order valence-corrected chi connectivity index (χ3v) is 3.64. The molecule has 0 atom stereocenters. The van der Waals surface area contributed by atoms with E-state index in [1.54, 1.807) is 0 Å². The molecular formula is C18H17N3O3S. The molecule has 0 aliphatic rings. The fourth-order valence-corrected chi connectivity index (χ4v) is 2.43. The number of nitrogens with one attached hydrogen (secondary N) is 1. The first-order valence-electron chi connectivity index (χ1n) is 7.71. The third kappa shape index (κ3) is 4.77.